The summed E-state index contributed by atoms with van der Waals surface area (Å²) < 4.78 is 10.4. The smallest absolute Gasteiger partial charge is 0.354 e. The van der Waals surface area contributed by atoms with Gasteiger partial charge in [0.2, 0.25) is 0 Å². The maximum atomic E-state index is 11.7. The van der Waals surface area contributed by atoms with E-state index in [1.807, 2.05) is 30.3 Å². The van der Waals surface area contributed by atoms with Crippen LogP contribution in [0.5, 0.6) is 5.75 Å². The third-order valence-electron chi connectivity index (χ3n) is 2.64. The molecule has 2 rings (SSSR count). The van der Waals surface area contributed by atoms with Gasteiger partial charge in [-0.05, 0) is 25.1 Å². The summed E-state index contributed by atoms with van der Waals surface area (Å²) in [5.41, 5.74) is 0.715. The minimum Gasteiger partial charge on any atom is -0.490 e. The fourth-order valence-electron chi connectivity index (χ4n) is 1.60. The molecular weight excluding hydrogens is 258 g/mol. The molecule has 0 aliphatic carbocycles. The number of Topliss-reactive ketones (excluding diaryl/α,β-unsaturated/α-hetero) is 1. The molecule has 0 spiro atoms. The van der Waals surface area contributed by atoms with E-state index in [2.05, 4.69) is 4.98 Å². The zero-order valence-corrected chi connectivity index (χ0v) is 11.1. The molecule has 0 amide bonds. The first kappa shape index (κ1) is 13.9. The number of ketones is 1. The van der Waals surface area contributed by atoms with Crippen LogP contribution in [0, 0.1) is 0 Å². The van der Waals surface area contributed by atoms with Crippen LogP contribution >= 0.6 is 0 Å². The third-order valence-corrected chi connectivity index (χ3v) is 2.64. The van der Waals surface area contributed by atoms with E-state index in [1.54, 1.807) is 0 Å². The minimum atomic E-state index is -0.505. The molecule has 1 heterocycles. The largest absolute Gasteiger partial charge is 0.490 e. The predicted octanol–water partition coefficient (Wildman–Crippen LogP) is 2.45. The van der Waals surface area contributed by atoms with E-state index in [-0.39, 0.29) is 24.7 Å². The lowest BCUT2D eigenvalue weighted by atomic mass is 10.2. The number of hydrogen-bond acceptors (Lipinski definition) is 4. The average Bonchev–Trinajstić information content (AvgIpc) is 2.94. The van der Waals surface area contributed by atoms with Crippen LogP contribution < -0.4 is 4.74 Å². The van der Waals surface area contributed by atoms with Gasteiger partial charge in [-0.2, -0.15) is 0 Å². The fourth-order valence-corrected chi connectivity index (χ4v) is 1.60. The van der Waals surface area contributed by atoms with Crippen LogP contribution in [0.15, 0.2) is 42.6 Å². The summed E-state index contributed by atoms with van der Waals surface area (Å²) in [6, 6.07) is 10.7. The lowest BCUT2D eigenvalue weighted by Crippen LogP contribution is -2.12. The Hall–Kier alpha value is -2.56. The molecule has 0 bridgehead atoms. The van der Waals surface area contributed by atoms with Gasteiger partial charge in [0.1, 0.15) is 24.7 Å². The number of esters is 1. The van der Waals surface area contributed by atoms with Crippen molar-refractivity contribution >= 4 is 11.8 Å². The highest BCUT2D eigenvalue weighted by atomic mass is 16.6. The number of carbonyl (C=O) groups is 2. The second-order valence-electron chi connectivity index (χ2n) is 4.16. The number of benzene rings is 1. The van der Waals surface area contributed by atoms with Gasteiger partial charge in [0.15, 0.2) is 5.78 Å². The summed E-state index contributed by atoms with van der Waals surface area (Å²) >= 11 is 0. The van der Waals surface area contributed by atoms with Gasteiger partial charge in [-0.15, -0.1) is 0 Å². The van der Waals surface area contributed by atoms with Crippen molar-refractivity contribution in [3.05, 3.63) is 53.9 Å². The SMILES string of the molecule is CC(=O)c1c[nH]c(C(=O)OCCOc2ccccc2)c1. The van der Waals surface area contributed by atoms with E-state index in [4.69, 9.17) is 9.47 Å². The number of hydrogen-bond donors (Lipinski definition) is 1. The number of rotatable bonds is 6. The van der Waals surface area contributed by atoms with Crippen LogP contribution in [-0.2, 0) is 4.74 Å². The Bertz CT molecular complexity index is 589. The van der Waals surface area contributed by atoms with Crippen molar-refractivity contribution in [1.82, 2.24) is 4.98 Å². The molecule has 2 aromatic rings. The summed E-state index contributed by atoms with van der Waals surface area (Å²) in [5.74, 6) is 0.115. The average molecular weight is 273 g/mol. The summed E-state index contributed by atoms with van der Waals surface area (Å²) in [6.45, 7) is 1.85. The second kappa shape index (κ2) is 6.56. The summed E-state index contributed by atoms with van der Waals surface area (Å²) in [6.07, 6.45) is 1.49. The highest BCUT2D eigenvalue weighted by molar-refractivity contribution is 5.97. The molecule has 20 heavy (non-hydrogen) atoms. The Morgan fingerprint density at radius 3 is 2.55 bits per heavy atom. The van der Waals surface area contributed by atoms with Crippen LogP contribution in [-0.4, -0.2) is 30.0 Å². The lowest BCUT2D eigenvalue weighted by Gasteiger charge is -2.06. The first-order valence-corrected chi connectivity index (χ1v) is 6.21. The minimum absolute atomic E-state index is 0.104. The van der Waals surface area contributed by atoms with E-state index in [0.717, 1.165) is 5.75 Å². The molecule has 0 fully saturated rings. The van der Waals surface area contributed by atoms with Crippen molar-refractivity contribution < 1.29 is 19.1 Å². The van der Waals surface area contributed by atoms with Crippen LogP contribution in [0.3, 0.4) is 0 Å². The molecule has 1 N–H and O–H groups in total. The first-order valence-electron chi connectivity index (χ1n) is 6.21. The molecule has 0 saturated carbocycles. The zero-order valence-electron chi connectivity index (χ0n) is 11.1. The Morgan fingerprint density at radius 1 is 1.15 bits per heavy atom. The number of H-pyrrole nitrogens is 1. The summed E-state index contributed by atoms with van der Waals surface area (Å²) in [4.78, 5) is 25.5. The molecular formula is C15H15NO4. The molecule has 0 atom stereocenters. The summed E-state index contributed by atoms with van der Waals surface area (Å²) in [7, 11) is 0. The summed E-state index contributed by atoms with van der Waals surface area (Å²) in [5, 5.41) is 0. The van der Waals surface area contributed by atoms with Gasteiger partial charge in [-0.3, -0.25) is 4.79 Å². The predicted molar refractivity (Wildman–Crippen MR) is 73.0 cm³/mol. The quantitative estimate of drug-likeness (QED) is 0.498. The van der Waals surface area contributed by atoms with Crippen molar-refractivity contribution in [2.75, 3.05) is 13.2 Å². The Kier molecular flexibility index (Phi) is 4.55. The van der Waals surface area contributed by atoms with E-state index in [0.29, 0.717) is 5.56 Å². The number of para-hydroxylation sites is 1. The number of nitrogens with one attached hydrogen (secondary N) is 1. The Labute approximate surface area is 116 Å². The molecule has 0 unspecified atom stereocenters. The van der Waals surface area contributed by atoms with Gasteiger partial charge in [0.25, 0.3) is 0 Å². The Balaban J connectivity index is 1.76. The topological polar surface area (TPSA) is 68.4 Å². The number of aromatic amines is 1. The maximum absolute atomic E-state index is 11.7. The standard InChI is InChI=1S/C15H15NO4/c1-11(17)12-9-14(16-10-12)15(18)20-8-7-19-13-5-3-2-4-6-13/h2-6,9-10,16H,7-8H2,1H3. The second-order valence-corrected chi connectivity index (χ2v) is 4.16. The third kappa shape index (κ3) is 3.71. The van der Waals surface area contributed by atoms with E-state index in [1.165, 1.54) is 19.2 Å². The molecule has 1 aromatic carbocycles. The normalized spacial score (nSPS) is 10.1. The van der Waals surface area contributed by atoms with E-state index >= 15 is 0 Å². The van der Waals surface area contributed by atoms with Gasteiger partial charge < -0.3 is 14.5 Å². The van der Waals surface area contributed by atoms with Gasteiger partial charge in [-0.25, -0.2) is 4.79 Å². The molecule has 0 aliphatic rings. The maximum Gasteiger partial charge on any atom is 0.354 e. The molecule has 1 aromatic heterocycles. The monoisotopic (exact) mass is 273 g/mol. The molecule has 0 radical (unpaired) electrons. The van der Waals surface area contributed by atoms with Crippen LogP contribution in [0.25, 0.3) is 0 Å². The highest BCUT2D eigenvalue weighted by Crippen LogP contribution is 2.08. The van der Waals surface area contributed by atoms with Crippen molar-refractivity contribution in [3.8, 4) is 5.75 Å². The molecule has 5 nitrogen and oxygen atoms in total. The first-order chi connectivity index (χ1) is 9.66. The van der Waals surface area contributed by atoms with Gasteiger partial charge in [0, 0.05) is 11.8 Å². The van der Waals surface area contributed by atoms with Crippen LogP contribution in [0.1, 0.15) is 27.8 Å². The highest BCUT2D eigenvalue weighted by Gasteiger charge is 2.11. The van der Waals surface area contributed by atoms with Crippen LogP contribution in [0.2, 0.25) is 0 Å². The van der Waals surface area contributed by atoms with Crippen LogP contribution in [0.4, 0.5) is 0 Å². The van der Waals surface area contributed by atoms with Crippen molar-refractivity contribution in [3.63, 3.8) is 0 Å². The van der Waals surface area contributed by atoms with Crippen molar-refractivity contribution in [2.45, 2.75) is 6.92 Å². The molecule has 104 valence electrons. The van der Waals surface area contributed by atoms with Gasteiger partial charge in [-0.1, -0.05) is 18.2 Å². The number of carbonyl (C=O) groups excluding carboxylic acids is 2. The Morgan fingerprint density at radius 2 is 1.90 bits per heavy atom. The molecule has 0 aliphatic heterocycles. The van der Waals surface area contributed by atoms with Gasteiger partial charge >= 0.3 is 5.97 Å². The molecule has 5 heteroatoms. The van der Waals surface area contributed by atoms with E-state index < -0.39 is 5.97 Å². The number of ether oxygens (including phenoxy) is 2. The molecule has 0 saturated heterocycles. The number of aromatic nitrogens is 1. The fraction of sp³-hybridized carbons (Fsp3) is 0.200. The lowest BCUT2D eigenvalue weighted by molar-refractivity contribution is 0.0444. The zero-order chi connectivity index (χ0) is 14.4. The van der Waals surface area contributed by atoms with Crippen molar-refractivity contribution in [1.29, 1.82) is 0 Å². The van der Waals surface area contributed by atoms with Crippen molar-refractivity contribution in [2.24, 2.45) is 0 Å². The van der Waals surface area contributed by atoms with Gasteiger partial charge in [0.05, 0.1) is 0 Å². The van der Waals surface area contributed by atoms with E-state index in [9.17, 15) is 9.59 Å².